The third kappa shape index (κ3) is 1.54. The molecule has 3 aliphatic carbocycles. The predicted octanol–water partition coefficient (Wildman–Crippen LogP) is 2.31. The quantitative estimate of drug-likeness (QED) is 0.727. The topological polar surface area (TPSA) is 52.6 Å². The van der Waals surface area contributed by atoms with Gasteiger partial charge in [0.1, 0.15) is 11.7 Å². The van der Waals surface area contributed by atoms with Gasteiger partial charge in [0.15, 0.2) is 0 Å². The SMILES string of the molecule is CC1C2CC3C1OC(=O)C3C2C(=O)OC1(C)CCCC1. The monoisotopic (exact) mass is 278 g/mol. The fourth-order valence-electron chi connectivity index (χ4n) is 5.24. The van der Waals surface area contributed by atoms with E-state index >= 15 is 0 Å². The third-order valence-corrected chi connectivity index (χ3v) is 6.27. The van der Waals surface area contributed by atoms with Crippen LogP contribution in [0.4, 0.5) is 0 Å². The first kappa shape index (κ1) is 12.7. The highest BCUT2D eigenvalue weighted by molar-refractivity contribution is 5.86. The van der Waals surface area contributed by atoms with Gasteiger partial charge in [-0.2, -0.15) is 0 Å². The zero-order chi connectivity index (χ0) is 14.1. The number of carbonyl (C=O) groups is 2. The summed E-state index contributed by atoms with van der Waals surface area (Å²) in [6.45, 7) is 4.14. The maximum absolute atomic E-state index is 12.6. The average Bonchev–Trinajstić information content (AvgIpc) is 3.07. The molecule has 0 aromatic rings. The van der Waals surface area contributed by atoms with Gasteiger partial charge in [-0.15, -0.1) is 0 Å². The molecule has 4 nitrogen and oxygen atoms in total. The normalized spacial score (nSPS) is 47.6. The zero-order valence-electron chi connectivity index (χ0n) is 12.1. The zero-order valence-corrected chi connectivity index (χ0v) is 12.1. The fourth-order valence-corrected chi connectivity index (χ4v) is 5.24. The lowest BCUT2D eigenvalue weighted by Gasteiger charge is -2.32. The fraction of sp³-hybridized carbons (Fsp3) is 0.875. The Morgan fingerprint density at radius 1 is 1.30 bits per heavy atom. The number of carbonyl (C=O) groups excluding carboxylic acids is 2. The summed E-state index contributed by atoms with van der Waals surface area (Å²) in [4.78, 5) is 24.7. The van der Waals surface area contributed by atoms with Gasteiger partial charge in [0, 0.05) is 5.92 Å². The van der Waals surface area contributed by atoms with Crippen LogP contribution in [0.15, 0.2) is 0 Å². The summed E-state index contributed by atoms with van der Waals surface area (Å²) < 4.78 is 11.3. The van der Waals surface area contributed by atoms with Gasteiger partial charge in [-0.25, -0.2) is 0 Å². The molecular formula is C16H22O4. The molecule has 1 heterocycles. The minimum Gasteiger partial charge on any atom is -0.462 e. The van der Waals surface area contributed by atoms with E-state index in [9.17, 15) is 9.59 Å². The first-order valence-corrected chi connectivity index (χ1v) is 7.93. The van der Waals surface area contributed by atoms with Crippen LogP contribution in [0.2, 0.25) is 0 Å². The minimum atomic E-state index is -0.302. The van der Waals surface area contributed by atoms with Crippen LogP contribution >= 0.6 is 0 Å². The van der Waals surface area contributed by atoms with Gasteiger partial charge in [0.25, 0.3) is 0 Å². The molecule has 1 saturated heterocycles. The molecule has 0 amide bonds. The highest BCUT2D eigenvalue weighted by atomic mass is 16.6. The Balaban J connectivity index is 1.56. The van der Waals surface area contributed by atoms with E-state index in [0.29, 0.717) is 5.92 Å². The lowest BCUT2D eigenvalue weighted by atomic mass is 9.75. The lowest BCUT2D eigenvalue weighted by Crippen LogP contribution is -2.40. The molecule has 4 rings (SSSR count). The van der Waals surface area contributed by atoms with Crippen LogP contribution in [0.5, 0.6) is 0 Å². The van der Waals surface area contributed by atoms with Crippen LogP contribution in [0.1, 0.15) is 46.0 Å². The largest absolute Gasteiger partial charge is 0.462 e. The van der Waals surface area contributed by atoms with Gasteiger partial charge in [0.05, 0.1) is 11.8 Å². The molecule has 1 aliphatic heterocycles. The van der Waals surface area contributed by atoms with Crippen molar-refractivity contribution in [3.8, 4) is 0 Å². The Morgan fingerprint density at radius 2 is 2.00 bits per heavy atom. The summed E-state index contributed by atoms with van der Waals surface area (Å²) >= 11 is 0. The third-order valence-electron chi connectivity index (χ3n) is 6.27. The van der Waals surface area contributed by atoms with Crippen molar-refractivity contribution in [2.45, 2.75) is 57.7 Å². The van der Waals surface area contributed by atoms with Crippen LogP contribution in [0, 0.1) is 29.6 Å². The first-order chi connectivity index (χ1) is 9.50. The second-order valence-corrected chi connectivity index (χ2v) is 7.45. The Labute approximate surface area is 119 Å². The predicted molar refractivity (Wildman–Crippen MR) is 70.6 cm³/mol. The highest BCUT2D eigenvalue weighted by Gasteiger charge is 2.67. The van der Waals surface area contributed by atoms with E-state index in [2.05, 4.69) is 6.92 Å². The number of hydrogen-bond donors (Lipinski definition) is 0. The van der Waals surface area contributed by atoms with E-state index in [1.807, 2.05) is 6.92 Å². The molecule has 4 fully saturated rings. The van der Waals surface area contributed by atoms with Crippen molar-refractivity contribution in [2.24, 2.45) is 29.6 Å². The highest BCUT2D eigenvalue weighted by Crippen LogP contribution is 2.60. The summed E-state index contributed by atoms with van der Waals surface area (Å²) in [7, 11) is 0. The van der Waals surface area contributed by atoms with Gasteiger partial charge >= 0.3 is 11.9 Å². The molecule has 4 aliphatic rings. The van der Waals surface area contributed by atoms with Crippen LogP contribution in [-0.4, -0.2) is 23.6 Å². The Hall–Kier alpha value is -1.06. The lowest BCUT2D eigenvalue weighted by molar-refractivity contribution is -0.168. The van der Waals surface area contributed by atoms with Crippen molar-refractivity contribution in [3.05, 3.63) is 0 Å². The van der Waals surface area contributed by atoms with E-state index in [1.165, 1.54) is 0 Å². The summed E-state index contributed by atoms with van der Waals surface area (Å²) in [6, 6.07) is 0. The summed E-state index contributed by atoms with van der Waals surface area (Å²) in [5.74, 6) is 0.0609. The standard InChI is InChI=1S/C16H22O4/c1-8-9-7-10-12(14(17)19-13(8)10)11(9)15(18)20-16(2)5-3-4-6-16/h8-13H,3-7H2,1-2H3. The molecule has 2 bridgehead atoms. The summed E-state index contributed by atoms with van der Waals surface area (Å²) in [5.41, 5.74) is -0.302. The van der Waals surface area contributed by atoms with Gasteiger partial charge in [-0.1, -0.05) is 6.92 Å². The molecule has 6 atom stereocenters. The van der Waals surface area contributed by atoms with Crippen molar-refractivity contribution in [1.29, 1.82) is 0 Å². The van der Waals surface area contributed by atoms with Crippen molar-refractivity contribution < 1.29 is 19.1 Å². The molecule has 0 radical (unpaired) electrons. The van der Waals surface area contributed by atoms with Crippen LogP contribution in [0.25, 0.3) is 0 Å². The molecule has 0 N–H and O–H groups in total. The molecule has 3 saturated carbocycles. The van der Waals surface area contributed by atoms with E-state index in [1.54, 1.807) is 0 Å². The van der Waals surface area contributed by atoms with E-state index < -0.39 is 0 Å². The first-order valence-electron chi connectivity index (χ1n) is 7.93. The summed E-state index contributed by atoms with van der Waals surface area (Å²) in [6.07, 6.45) is 5.18. The molecule has 6 unspecified atom stereocenters. The molecule has 110 valence electrons. The van der Waals surface area contributed by atoms with Crippen LogP contribution < -0.4 is 0 Å². The molecule has 20 heavy (non-hydrogen) atoms. The van der Waals surface area contributed by atoms with Gasteiger partial charge < -0.3 is 9.47 Å². The number of ether oxygens (including phenoxy) is 2. The van der Waals surface area contributed by atoms with Crippen molar-refractivity contribution in [3.63, 3.8) is 0 Å². The number of fused-ring (bicyclic) bond motifs is 1. The van der Waals surface area contributed by atoms with Gasteiger partial charge in [-0.05, 0) is 50.9 Å². The van der Waals surface area contributed by atoms with E-state index in [0.717, 1.165) is 32.1 Å². The Morgan fingerprint density at radius 3 is 2.70 bits per heavy atom. The molecule has 0 aromatic heterocycles. The average molecular weight is 278 g/mol. The second kappa shape index (κ2) is 3.99. The van der Waals surface area contributed by atoms with Crippen molar-refractivity contribution in [2.75, 3.05) is 0 Å². The van der Waals surface area contributed by atoms with Gasteiger partial charge in [-0.3, -0.25) is 9.59 Å². The smallest absolute Gasteiger partial charge is 0.310 e. The van der Waals surface area contributed by atoms with Crippen LogP contribution in [-0.2, 0) is 19.1 Å². The molecule has 0 spiro atoms. The van der Waals surface area contributed by atoms with E-state index in [-0.39, 0.29) is 47.3 Å². The molecule has 4 heteroatoms. The second-order valence-electron chi connectivity index (χ2n) is 7.45. The van der Waals surface area contributed by atoms with Crippen molar-refractivity contribution >= 4 is 11.9 Å². The summed E-state index contributed by atoms with van der Waals surface area (Å²) in [5, 5.41) is 0. The Kier molecular flexibility index (Phi) is 2.52. The molecular weight excluding hydrogens is 256 g/mol. The number of rotatable bonds is 2. The molecule has 0 aromatic carbocycles. The van der Waals surface area contributed by atoms with Crippen LogP contribution in [0.3, 0.4) is 0 Å². The minimum absolute atomic E-state index is 0.0589. The Bertz CT molecular complexity index is 465. The van der Waals surface area contributed by atoms with E-state index in [4.69, 9.17) is 9.47 Å². The maximum Gasteiger partial charge on any atom is 0.310 e. The number of hydrogen-bond acceptors (Lipinski definition) is 4. The van der Waals surface area contributed by atoms with Gasteiger partial charge in [0.2, 0.25) is 0 Å². The maximum atomic E-state index is 12.6. The van der Waals surface area contributed by atoms with Crippen molar-refractivity contribution in [1.82, 2.24) is 0 Å². The number of esters is 2.